The molecular formula is C14H19F2NO3. The summed E-state index contributed by atoms with van der Waals surface area (Å²) in [6.45, 7) is 1.41. The van der Waals surface area contributed by atoms with Gasteiger partial charge in [0, 0.05) is 50.8 Å². The molecule has 1 atom stereocenters. The molecule has 0 saturated carbocycles. The molecule has 6 heteroatoms. The number of halogens is 2. The van der Waals surface area contributed by atoms with Crippen LogP contribution in [0, 0.1) is 11.6 Å². The van der Waals surface area contributed by atoms with Crippen molar-refractivity contribution in [1.29, 1.82) is 0 Å². The lowest BCUT2D eigenvalue weighted by Gasteiger charge is -2.32. The Kier molecular flexibility index (Phi) is 5.04. The Balaban J connectivity index is 1.84. The van der Waals surface area contributed by atoms with Gasteiger partial charge in [0.2, 0.25) is 0 Å². The van der Waals surface area contributed by atoms with Crippen molar-refractivity contribution in [2.24, 2.45) is 0 Å². The lowest BCUT2D eigenvalue weighted by Crippen LogP contribution is -2.45. The SMILES string of the molecule is OC(CNCC1(O)CCOCC1)c1ccc(F)cc1F. The fourth-order valence-corrected chi connectivity index (χ4v) is 2.25. The first-order chi connectivity index (χ1) is 9.50. The Morgan fingerprint density at radius 3 is 2.65 bits per heavy atom. The van der Waals surface area contributed by atoms with Crippen LogP contribution in [0.5, 0.6) is 0 Å². The van der Waals surface area contributed by atoms with E-state index in [0.29, 0.717) is 32.6 Å². The lowest BCUT2D eigenvalue weighted by molar-refractivity contribution is -0.0624. The summed E-state index contributed by atoms with van der Waals surface area (Å²) >= 11 is 0. The molecule has 0 amide bonds. The van der Waals surface area contributed by atoms with Crippen molar-refractivity contribution in [3.05, 3.63) is 35.4 Å². The highest BCUT2D eigenvalue weighted by Crippen LogP contribution is 2.20. The van der Waals surface area contributed by atoms with Crippen LogP contribution in [-0.4, -0.2) is 42.1 Å². The molecule has 1 aromatic rings. The van der Waals surface area contributed by atoms with Crippen molar-refractivity contribution < 1.29 is 23.7 Å². The summed E-state index contributed by atoms with van der Waals surface area (Å²) in [6, 6.07) is 3.07. The van der Waals surface area contributed by atoms with Gasteiger partial charge in [-0.1, -0.05) is 6.07 Å². The van der Waals surface area contributed by atoms with Crippen LogP contribution in [-0.2, 0) is 4.74 Å². The zero-order valence-corrected chi connectivity index (χ0v) is 11.1. The molecule has 0 radical (unpaired) electrons. The van der Waals surface area contributed by atoms with Crippen LogP contribution < -0.4 is 5.32 Å². The van der Waals surface area contributed by atoms with E-state index in [2.05, 4.69) is 5.32 Å². The predicted molar refractivity (Wildman–Crippen MR) is 69.2 cm³/mol. The number of rotatable bonds is 5. The summed E-state index contributed by atoms with van der Waals surface area (Å²) in [5, 5.41) is 23.0. The van der Waals surface area contributed by atoms with Crippen molar-refractivity contribution in [3.63, 3.8) is 0 Å². The van der Waals surface area contributed by atoms with E-state index in [4.69, 9.17) is 4.74 Å². The zero-order valence-electron chi connectivity index (χ0n) is 11.1. The van der Waals surface area contributed by atoms with Gasteiger partial charge in [-0.15, -0.1) is 0 Å². The molecule has 1 fully saturated rings. The summed E-state index contributed by atoms with van der Waals surface area (Å²) in [5.74, 6) is -1.45. The number of benzene rings is 1. The van der Waals surface area contributed by atoms with E-state index in [0.717, 1.165) is 12.1 Å². The third-order valence-corrected chi connectivity index (χ3v) is 3.54. The van der Waals surface area contributed by atoms with Crippen LogP contribution in [0.15, 0.2) is 18.2 Å². The predicted octanol–water partition coefficient (Wildman–Crippen LogP) is 1.13. The molecule has 1 unspecified atom stereocenters. The van der Waals surface area contributed by atoms with Crippen molar-refractivity contribution in [2.75, 3.05) is 26.3 Å². The molecule has 20 heavy (non-hydrogen) atoms. The van der Waals surface area contributed by atoms with Gasteiger partial charge in [-0.05, 0) is 6.07 Å². The number of hydrogen-bond acceptors (Lipinski definition) is 4. The lowest BCUT2D eigenvalue weighted by atomic mass is 9.94. The first kappa shape index (κ1) is 15.3. The molecule has 0 bridgehead atoms. The first-order valence-electron chi connectivity index (χ1n) is 6.64. The normalized spacial score (nSPS) is 19.8. The second-order valence-electron chi connectivity index (χ2n) is 5.15. The molecule has 0 spiro atoms. The number of hydrogen-bond donors (Lipinski definition) is 3. The van der Waals surface area contributed by atoms with Crippen LogP contribution >= 0.6 is 0 Å². The second kappa shape index (κ2) is 6.58. The highest BCUT2D eigenvalue weighted by atomic mass is 19.1. The number of aliphatic hydroxyl groups is 2. The van der Waals surface area contributed by atoms with Gasteiger partial charge >= 0.3 is 0 Å². The first-order valence-corrected chi connectivity index (χ1v) is 6.64. The highest BCUT2D eigenvalue weighted by Gasteiger charge is 2.29. The maximum atomic E-state index is 13.5. The smallest absolute Gasteiger partial charge is 0.131 e. The maximum absolute atomic E-state index is 13.5. The highest BCUT2D eigenvalue weighted by molar-refractivity contribution is 5.21. The fraction of sp³-hybridized carbons (Fsp3) is 0.571. The molecule has 0 aromatic heterocycles. The quantitative estimate of drug-likeness (QED) is 0.760. The topological polar surface area (TPSA) is 61.7 Å². The van der Waals surface area contributed by atoms with Crippen LogP contribution in [0.1, 0.15) is 24.5 Å². The van der Waals surface area contributed by atoms with E-state index in [-0.39, 0.29) is 12.1 Å². The summed E-state index contributed by atoms with van der Waals surface area (Å²) < 4.78 is 31.4. The van der Waals surface area contributed by atoms with Crippen LogP contribution in [0.2, 0.25) is 0 Å². The van der Waals surface area contributed by atoms with Gasteiger partial charge < -0.3 is 20.3 Å². The molecule has 1 aliphatic heterocycles. The van der Waals surface area contributed by atoms with E-state index in [1.807, 2.05) is 0 Å². The van der Waals surface area contributed by atoms with Gasteiger partial charge in [0.25, 0.3) is 0 Å². The molecular weight excluding hydrogens is 268 g/mol. The van der Waals surface area contributed by atoms with Gasteiger partial charge in [0.15, 0.2) is 0 Å². The third-order valence-electron chi connectivity index (χ3n) is 3.54. The average Bonchev–Trinajstić information content (AvgIpc) is 2.39. The molecule has 1 aliphatic rings. The maximum Gasteiger partial charge on any atom is 0.131 e. The number of nitrogens with one attached hydrogen (secondary N) is 1. The molecule has 112 valence electrons. The molecule has 1 heterocycles. The minimum Gasteiger partial charge on any atom is -0.388 e. The van der Waals surface area contributed by atoms with Gasteiger partial charge in [0.05, 0.1) is 11.7 Å². The van der Waals surface area contributed by atoms with Crippen molar-refractivity contribution in [1.82, 2.24) is 5.32 Å². The van der Waals surface area contributed by atoms with E-state index in [9.17, 15) is 19.0 Å². The summed E-state index contributed by atoms with van der Waals surface area (Å²) in [5.41, 5.74) is -0.808. The minimum absolute atomic E-state index is 0.0397. The second-order valence-corrected chi connectivity index (χ2v) is 5.15. The van der Waals surface area contributed by atoms with Crippen LogP contribution in [0.4, 0.5) is 8.78 Å². The summed E-state index contributed by atoms with van der Waals surface area (Å²) in [6.07, 6.45) is -0.0267. The van der Waals surface area contributed by atoms with Gasteiger partial charge in [-0.2, -0.15) is 0 Å². The fourth-order valence-electron chi connectivity index (χ4n) is 2.25. The van der Waals surface area contributed by atoms with E-state index in [1.54, 1.807) is 0 Å². The summed E-state index contributed by atoms with van der Waals surface area (Å²) in [4.78, 5) is 0. The van der Waals surface area contributed by atoms with E-state index >= 15 is 0 Å². The van der Waals surface area contributed by atoms with Crippen LogP contribution in [0.3, 0.4) is 0 Å². The van der Waals surface area contributed by atoms with Crippen molar-refractivity contribution >= 4 is 0 Å². The van der Waals surface area contributed by atoms with Crippen molar-refractivity contribution in [2.45, 2.75) is 24.5 Å². The Hall–Kier alpha value is -1.08. The molecule has 4 nitrogen and oxygen atoms in total. The summed E-state index contributed by atoms with van der Waals surface area (Å²) in [7, 11) is 0. The third kappa shape index (κ3) is 3.96. The van der Waals surface area contributed by atoms with E-state index < -0.39 is 23.3 Å². The molecule has 2 rings (SSSR count). The largest absolute Gasteiger partial charge is 0.388 e. The van der Waals surface area contributed by atoms with Crippen molar-refractivity contribution in [3.8, 4) is 0 Å². The monoisotopic (exact) mass is 287 g/mol. The Labute approximate surface area is 116 Å². The van der Waals surface area contributed by atoms with Crippen LogP contribution in [0.25, 0.3) is 0 Å². The van der Waals surface area contributed by atoms with Gasteiger partial charge in [0.1, 0.15) is 11.6 Å². The zero-order chi connectivity index (χ0) is 14.6. The van der Waals surface area contributed by atoms with Gasteiger partial charge in [-0.3, -0.25) is 0 Å². The Morgan fingerprint density at radius 2 is 2.00 bits per heavy atom. The molecule has 1 saturated heterocycles. The Morgan fingerprint density at radius 1 is 1.30 bits per heavy atom. The van der Waals surface area contributed by atoms with E-state index in [1.165, 1.54) is 6.07 Å². The number of ether oxygens (including phenoxy) is 1. The average molecular weight is 287 g/mol. The number of aliphatic hydroxyl groups excluding tert-OH is 1. The molecule has 3 N–H and O–H groups in total. The molecule has 0 aliphatic carbocycles. The van der Waals surface area contributed by atoms with Gasteiger partial charge in [-0.25, -0.2) is 8.78 Å². The Bertz CT molecular complexity index is 450. The minimum atomic E-state index is -1.08. The standard InChI is InChI=1S/C14H19F2NO3/c15-10-1-2-11(12(16)7-10)13(18)8-17-9-14(19)3-5-20-6-4-14/h1-2,7,13,17-19H,3-6,8-9H2. The molecule has 1 aromatic carbocycles.